The molecule has 72 valence electrons. The number of ketones is 1. The van der Waals surface area contributed by atoms with Crippen molar-refractivity contribution in [3.63, 3.8) is 0 Å². The molecule has 2 heterocycles. The highest BCUT2D eigenvalue weighted by Crippen LogP contribution is 2.11. The molecule has 0 unspecified atom stereocenters. The number of pyridine rings is 1. The van der Waals surface area contributed by atoms with Crippen molar-refractivity contribution in [2.45, 2.75) is 13.3 Å². The van der Waals surface area contributed by atoms with Crippen LogP contribution >= 0.6 is 22.6 Å². The van der Waals surface area contributed by atoms with Crippen LogP contribution in [0.1, 0.15) is 12.6 Å². The average molecular weight is 300 g/mol. The topological polar surface area (TPSA) is 34.4 Å². The van der Waals surface area contributed by atoms with E-state index >= 15 is 0 Å². The van der Waals surface area contributed by atoms with Crippen LogP contribution < -0.4 is 0 Å². The molecule has 0 atom stereocenters. The molecule has 0 spiro atoms. The predicted octanol–water partition coefficient (Wildman–Crippen LogP) is 2.07. The Morgan fingerprint density at radius 1 is 1.57 bits per heavy atom. The fourth-order valence-electron chi connectivity index (χ4n) is 1.37. The van der Waals surface area contributed by atoms with Gasteiger partial charge in [-0.15, -0.1) is 0 Å². The molecular weight excluding hydrogens is 291 g/mol. The Morgan fingerprint density at radius 2 is 2.36 bits per heavy atom. The molecule has 0 bridgehead atoms. The summed E-state index contributed by atoms with van der Waals surface area (Å²) in [5.74, 6) is 0.142. The third-order valence-corrected chi connectivity index (χ3v) is 2.80. The number of carbonyl (C=O) groups excluding carboxylic acids is 1. The lowest BCUT2D eigenvalue weighted by atomic mass is 10.2. The van der Waals surface area contributed by atoms with E-state index in [1.165, 1.54) is 0 Å². The first kappa shape index (κ1) is 9.64. The maximum Gasteiger partial charge on any atom is 0.137 e. The van der Waals surface area contributed by atoms with Gasteiger partial charge in [0.2, 0.25) is 0 Å². The lowest BCUT2D eigenvalue weighted by molar-refractivity contribution is -0.116. The van der Waals surface area contributed by atoms with Crippen LogP contribution in [0.15, 0.2) is 24.4 Å². The van der Waals surface area contributed by atoms with Crippen molar-refractivity contribution < 1.29 is 4.79 Å². The maximum atomic E-state index is 10.9. The van der Waals surface area contributed by atoms with Gasteiger partial charge < -0.3 is 0 Å². The zero-order chi connectivity index (χ0) is 10.1. The average Bonchev–Trinajstić information content (AvgIpc) is 2.47. The number of fused-ring (bicyclic) bond motifs is 1. The Morgan fingerprint density at radius 3 is 3.00 bits per heavy atom. The molecule has 2 aromatic rings. The van der Waals surface area contributed by atoms with Crippen LogP contribution in [0.5, 0.6) is 0 Å². The normalized spacial score (nSPS) is 10.7. The van der Waals surface area contributed by atoms with E-state index in [1.807, 2.05) is 28.8 Å². The fraction of sp³-hybridized carbons (Fsp3) is 0.200. The van der Waals surface area contributed by atoms with Crippen molar-refractivity contribution in [2.24, 2.45) is 0 Å². The molecule has 3 nitrogen and oxygen atoms in total. The molecule has 14 heavy (non-hydrogen) atoms. The van der Waals surface area contributed by atoms with E-state index in [4.69, 9.17) is 0 Å². The van der Waals surface area contributed by atoms with Crippen LogP contribution in [0.3, 0.4) is 0 Å². The van der Waals surface area contributed by atoms with Crippen molar-refractivity contribution in [3.8, 4) is 0 Å². The Hall–Kier alpha value is -0.910. The molecule has 0 aliphatic heterocycles. The minimum atomic E-state index is 0.142. The van der Waals surface area contributed by atoms with E-state index in [0.717, 1.165) is 15.0 Å². The Balaban J connectivity index is 2.51. The van der Waals surface area contributed by atoms with Gasteiger partial charge in [0.15, 0.2) is 0 Å². The smallest absolute Gasteiger partial charge is 0.137 e. The second-order valence-electron chi connectivity index (χ2n) is 3.19. The maximum absolute atomic E-state index is 10.9. The van der Waals surface area contributed by atoms with Crippen LogP contribution in [0, 0.1) is 3.70 Å². The Labute approximate surface area is 95.3 Å². The third-order valence-electron chi connectivity index (χ3n) is 1.92. The lowest BCUT2D eigenvalue weighted by Crippen LogP contribution is -1.95. The summed E-state index contributed by atoms with van der Waals surface area (Å²) in [7, 11) is 0. The first-order valence-corrected chi connectivity index (χ1v) is 5.36. The molecule has 0 N–H and O–H groups in total. The number of hydrogen-bond donors (Lipinski definition) is 0. The van der Waals surface area contributed by atoms with Crippen LogP contribution in [0.4, 0.5) is 0 Å². The van der Waals surface area contributed by atoms with Crippen LogP contribution in [-0.4, -0.2) is 15.2 Å². The highest BCUT2D eigenvalue weighted by molar-refractivity contribution is 14.1. The summed E-state index contributed by atoms with van der Waals surface area (Å²) in [5, 5.41) is 0. The van der Waals surface area contributed by atoms with E-state index in [-0.39, 0.29) is 5.78 Å². The largest absolute Gasteiger partial charge is 0.300 e. The van der Waals surface area contributed by atoms with Gasteiger partial charge in [-0.25, -0.2) is 4.98 Å². The van der Waals surface area contributed by atoms with Gasteiger partial charge in [0.1, 0.15) is 11.4 Å². The summed E-state index contributed by atoms with van der Waals surface area (Å²) in [5.41, 5.74) is 1.73. The highest BCUT2D eigenvalue weighted by atomic mass is 127. The van der Waals surface area contributed by atoms with Gasteiger partial charge in [-0.05, 0) is 41.6 Å². The molecule has 0 aromatic carbocycles. The van der Waals surface area contributed by atoms with E-state index in [2.05, 4.69) is 27.6 Å². The molecule has 4 heteroatoms. The molecule has 0 aliphatic carbocycles. The molecule has 0 fully saturated rings. The Bertz CT molecular complexity index is 490. The van der Waals surface area contributed by atoms with E-state index in [1.54, 1.807) is 6.92 Å². The monoisotopic (exact) mass is 300 g/mol. The molecule has 2 aromatic heterocycles. The predicted molar refractivity (Wildman–Crippen MR) is 62.3 cm³/mol. The summed E-state index contributed by atoms with van der Waals surface area (Å²) >= 11 is 2.24. The number of halogens is 1. The quantitative estimate of drug-likeness (QED) is 0.628. The minimum Gasteiger partial charge on any atom is -0.300 e. The number of aromatic nitrogens is 2. The van der Waals surface area contributed by atoms with Gasteiger partial charge in [0, 0.05) is 12.6 Å². The van der Waals surface area contributed by atoms with E-state index in [0.29, 0.717) is 6.42 Å². The standard InChI is InChI=1S/C10H9IN2O/c1-7(14)5-8-6-13-9(11)3-2-4-10(13)12-8/h2-4,6H,5H2,1H3. The third kappa shape index (κ3) is 1.79. The van der Waals surface area contributed by atoms with Crippen molar-refractivity contribution in [1.82, 2.24) is 9.38 Å². The van der Waals surface area contributed by atoms with E-state index < -0.39 is 0 Å². The minimum absolute atomic E-state index is 0.142. The molecule has 0 radical (unpaired) electrons. The van der Waals surface area contributed by atoms with Gasteiger partial charge in [0.25, 0.3) is 0 Å². The zero-order valence-corrected chi connectivity index (χ0v) is 9.85. The first-order chi connectivity index (χ1) is 6.66. The number of hydrogen-bond acceptors (Lipinski definition) is 2. The van der Waals surface area contributed by atoms with Gasteiger partial charge >= 0.3 is 0 Å². The van der Waals surface area contributed by atoms with E-state index in [9.17, 15) is 4.79 Å². The van der Waals surface area contributed by atoms with Gasteiger partial charge in [-0.2, -0.15) is 0 Å². The molecule has 2 rings (SSSR count). The van der Waals surface area contributed by atoms with Gasteiger partial charge in [0.05, 0.1) is 9.39 Å². The number of rotatable bonds is 2. The summed E-state index contributed by atoms with van der Waals surface area (Å²) in [6.07, 6.45) is 2.33. The molecule has 0 amide bonds. The van der Waals surface area contributed by atoms with Gasteiger partial charge in [-0.1, -0.05) is 6.07 Å². The lowest BCUT2D eigenvalue weighted by Gasteiger charge is -1.94. The number of imidazole rings is 1. The highest BCUT2D eigenvalue weighted by Gasteiger charge is 2.04. The second-order valence-corrected chi connectivity index (χ2v) is 4.29. The van der Waals surface area contributed by atoms with Crippen LogP contribution in [-0.2, 0) is 11.2 Å². The summed E-state index contributed by atoms with van der Waals surface area (Å²) in [4.78, 5) is 15.3. The summed E-state index contributed by atoms with van der Waals surface area (Å²) in [6.45, 7) is 1.58. The molecule has 0 saturated heterocycles. The summed E-state index contributed by atoms with van der Waals surface area (Å²) < 4.78 is 3.08. The fourth-order valence-corrected chi connectivity index (χ4v) is 1.96. The number of nitrogens with zero attached hydrogens (tertiary/aromatic N) is 2. The SMILES string of the molecule is CC(=O)Cc1cn2c(I)cccc2n1. The molecule has 0 saturated carbocycles. The molecule has 0 aliphatic rings. The Kier molecular flexibility index (Phi) is 2.54. The first-order valence-electron chi connectivity index (χ1n) is 4.29. The second kappa shape index (κ2) is 3.68. The zero-order valence-electron chi connectivity index (χ0n) is 7.70. The van der Waals surface area contributed by atoms with Gasteiger partial charge in [-0.3, -0.25) is 9.20 Å². The van der Waals surface area contributed by atoms with Crippen LogP contribution in [0.2, 0.25) is 0 Å². The van der Waals surface area contributed by atoms with Crippen molar-refractivity contribution in [2.75, 3.05) is 0 Å². The van der Waals surface area contributed by atoms with Crippen molar-refractivity contribution in [3.05, 3.63) is 33.8 Å². The number of Topliss-reactive ketones (excluding diaryl/α,β-unsaturated/α-hetero) is 1. The van der Waals surface area contributed by atoms with Crippen molar-refractivity contribution in [1.29, 1.82) is 0 Å². The molecular formula is C10H9IN2O. The van der Waals surface area contributed by atoms with Crippen LogP contribution in [0.25, 0.3) is 5.65 Å². The summed E-state index contributed by atoms with van der Waals surface area (Å²) in [6, 6.07) is 5.90. The number of carbonyl (C=O) groups is 1. The van der Waals surface area contributed by atoms with Crippen molar-refractivity contribution >= 4 is 34.0 Å².